The normalized spacial score (nSPS) is 11.9. The van der Waals surface area contributed by atoms with Crippen LogP contribution >= 0.6 is 16.0 Å². The van der Waals surface area contributed by atoms with E-state index in [2.05, 4.69) is 4.57 Å². The number of nitrogens with zero attached hydrogens (tertiary/aromatic N) is 2. The number of pyridine rings is 2. The van der Waals surface area contributed by atoms with E-state index in [9.17, 15) is 24.1 Å². The SMILES string of the molecule is O=P(O)(O)c1ccc(C[n+]2ccc(C=Cc3cc[n+](Cc4ccc(P(O)O)cc4)cc3)cc2)cc1. The molecule has 178 valence electrons. The lowest BCUT2D eigenvalue weighted by molar-refractivity contribution is -0.688. The minimum absolute atomic E-state index is 0.0243. The molecule has 0 aliphatic rings. The lowest BCUT2D eigenvalue weighted by atomic mass is 10.2. The fraction of sp³-hybridized carbons (Fsp3) is 0.0769. The van der Waals surface area contributed by atoms with Gasteiger partial charge in [0.1, 0.15) is 0 Å². The maximum Gasteiger partial charge on any atom is 0.356 e. The van der Waals surface area contributed by atoms with Crippen molar-refractivity contribution in [2.45, 2.75) is 13.1 Å². The Morgan fingerprint density at radius 2 is 1.06 bits per heavy atom. The lowest BCUT2D eigenvalue weighted by Gasteiger charge is -2.04. The molecule has 0 saturated carbocycles. The Balaban J connectivity index is 1.33. The van der Waals surface area contributed by atoms with Gasteiger partial charge in [-0.05, 0) is 35.4 Å². The first-order valence-corrected chi connectivity index (χ1v) is 13.7. The number of benzene rings is 2. The molecule has 0 spiro atoms. The van der Waals surface area contributed by atoms with Crippen LogP contribution in [0.5, 0.6) is 0 Å². The quantitative estimate of drug-likeness (QED) is 0.216. The van der Waals surface area contributed by atoms with Gasteiger partial charge in [0.25, 0.3) is 0 Å². The van der Waals surface area contributed by atoms with E-state index in [-0.39, 0.29) is 5.30 Å². The molecule has 0 bridgehead atoms. The maximum absolute atomic E-state index is 11.3. The van der Waals surface area contributed by atoms with Gasteiger partial charge >= 0.3 is 7.60 Å². The van der Waals surface area contributed by atoms with Gasteiger partial charge < -0.3 is 19.6 Å². The van der Waals surface area contributed by atoms with Crippen LogP contribution < -0.4 is 19.7 Å². The zero-order valence-electron chi connectivity index (χ0n) is 18.8. The predicted octanol–water partition coefficient (Wildman–Crippen LogP) is 2.25. The number of hydrogen-bond donors (Lipinski definition) is 4. The zero-order valence-corrected chi connectivity index (χ0v) is 20.6. The summed E-state index contributed by atoms with van der Waals surface area (Å²) in [5.74, 6) is 0. The van der Waals surface area contributed by atoms with Crippen molar-refractivity contribution in [1.29, 1.82) is 0 Å². The third-order valence-corrected chi connectivity index (χ3v) is 7.20. The van der Waals surface area contributed by atoms with E-state index in [1.54, 1.807) is 24.3 Å². The highest BCUT2D eigenvalue weighted by Crippen LogP contribution is 2.32. The topological polar surface area (TPSA) is 106 Å². The molecule has 35 heavy (non-hydrogen) atoms. The van der Waals surface area contributed by atoms with Crippen molar-refractivity contribution < 1.29 is 33.3 Å². The molecule has 2 heterocycles. The van der Waals surface area contributed by atoms with Crippen molar-refractivity contribution in [3.05, 3.63) is 120 Å². The van der Waals surface area contributed by atoms with Crippen LogP contribution in [0.4, 0.5) is 0 Å². The second-order valence-corrected chi connectivity index (χ2v) is 10.8. The Hall–Kier alpha value is -3.02. The van der Waals surface area contributed by atoms with E-state index in [1.807, 2.05) is 77.9 Å². The summed E-state index contributed by atoms with van der Waals surface area (Å²) in [7, 11) is -6.27. The van der Waals surface area contributed by atoms with Crippen LogP contribution in [0.15, 0.2) is 97.6 Å². The predicted molar refractivity (Wildman–Crippen MR) is 136 cm³/mol. The van der Waals surface area contributed by atoms with Crippen molar-refractivity contribution in [3.8, 4) is 0 Å². The smallest absolute Gasteiger partial charge is 0.347 e. The average molecular weight is 508 g/mol. The summed E-state index contributed by atoms with van der Waals surface area (Å²) < 4.78 is 15.4. The number of hydrogen-bond acceptors (Lipinski definition) is 3. The highest BCUT2D eigenvalue weighted by molar-refractivity contribution is 7.60. The summed E-state index contributed by atoms with van der Waals surface area (Å²) >= 11 is 0. The molecule has 0 aliphatic carbocycles. The van der Waals surface area contributed by atoms with Crippen molar-refractivity contribution in [3.63, 3.8) is 0 Å². The van der Waals surface area contributed by atoms with E-state index < -0.39 is 16.0 Å². The Morgan fingerprint density at radius 1 is 0.657 bits per heavy atom. The summed E-state index contributed by atoms with van der Waals surface area (Å²) in [6.45, 7) is 1.30. The molecule has 0 aliphatic heterocycles. The zero-order chi connectivity index (χ0) is 24.8. The molecule has 2 aromatic heterocycles. The molecular weight excluding hydrogens is 482 g/mol. The molecule has 2 aromatic carbocycles. The van der Waals surface area contributed by atoms with Crippen molar-refractivity contribution in [1.82, 2.24) is 0 Å². The molecule has 0 radical (unpaired) electrons. The third-order valence-electron chi connectivity index (χ3n) is 5.47. The van der Waals surface area contributed by atoms with Gasteiger partial charge in [-0.3, -0.25) is 4.57 Å². The Morgan fingerprint density at radius 3 is 1.43 bits per heavy atom. The van der Waals surface area contributed by atoms with Crippen LogP contribution in [0, 0.1) is 0 Å². The first-order valence-electron chi connectivity index (χ1n) is 10.8. The van der Waals surface area contributed by atoms with Crippen LogP contribution in [0.1, 0.15) is 22.3 Å². The first kappa shape index (κ1) is 25.1. The second kappa shape index (κ2) is 11.1. The summed E-state index contributed by atoms with van der Waals surface area (Å²) in [6, 6.07) is 21.8. The summed E-state index contributed by atoms with van der Waals surface area (Å²) in [4.78, 5) is 36.9. The average Bonchev–Trinajstić information content (AvgIpc) is 2.85. The van der Waals surface area contributed by atoms with Gasteiger partial charge in [-0.1, -0.05) is 36.4 Å². The molecular formula is C26H26N2O5P2+2. The van der Waals surface area contributed by atoms with E-state index in [0.29, 0.717) is 18.4 Å². The van der Waals surface area contributed by atoms with Gasteiger partial charge in [-0.15, -0.1) is 0 Å². The molecule has 7 nitrogen and oxygen atoms in total. The van der Waals surface area contributed by atoms with Crippen LogP contribution in [0.25, 0.3) is 12.2 Å². The molecule has 0 atom stereocenters. The van der Waals surface area contributed by atoms with Gasteiger partial charge in [-0.2, -0.15) is 0 Å². The summed E-state index contributed by atoms with van der Waals surface area (Å²) in [5.41, 5.74) is 4.16. The Labute approximate surface area is 205 Å². The third kappa shape index (κ3) is 7.23. The monoisotopic (exact) mass is 508 g/mol. The lowest BCUT2D eigenvalue weighted by Crippen LogP contribution is -2.33. The van der Waals surface area contributed by atoms with E-state index in [0.717, 1.165) is 22.3 Å². The number of aromatic nitrogens is 2. The molecule has 9 heteroatoms. The minimum atomic E-state index is -4.21. The molecule has 0 amide bonds. The maximum atomic E-state index is 11.3. The molecule has 0 unspecified atom stereocenters. The Bertz CT molecular complexity index is 1330. The van der Waals surface area contributed by atoms with E-state index in [1.165, 1.54) is 12.1 Å². The first-order chi connectivity index (χ1) is 16.8. The van der Waals surface area contributed by atoms with E-state index in [4.69, 9.17) is 0 Å². The highest BCUT2D eigenvalue weighted by Gasteiger charge is 2.16. The van der Waals surface area contributed by atoms with Crippen molar-refractivity contribution in [2.75, 3.05) is 0 Å². The number of rotatable bonds is 8. The largest absolute Gasteiger partial charge is 0.356 e. The molecule has 4 N–H and O–H groups in total. The second-order valence-electron chi connectivity index (χ2n) is 8.11. The molecule has 4 aromatic rings. The van der Waals surface area contributed by atoms with Gasteiger partial charge in [0.05, 0.1) is 5.30 Å². The van der Waals surface area contributed by atoms with Crippen LogP contribution in [-0.2, 0) is 17.7 Å². The van der Waals surface area contributed by atoms with Crippen LogP contribution in [-0.4, -0.2) is 19.6 Å². The van der Waals surface area contributed by atoms with Gasteiger partial charge in [0.2, 0.25) is 0 Å². The van der Waals surface area contributed by atoms with Gasteiger partial charge in [-0.25, -0.2) is 9.13 Å². The highest BCUT2D eigenvalue weighted by atomic mass is 31.2. The van der Waals surface area contributed by atoms with E-state index >= 15 is 0 Å². The van der Waals surface area contributed by atoms with Crippen molar-refractivity contribution >= 4 is 38.7 Å². The van der Waals surface area contributed by atoms with Crippen LogP contribution in [0.2, 0.25) is 0 Å². The molecule has 4 rings (SSSR count). The minimum Gasteiger partial charge on any atom is -0.347 e. The molecule has 0 fully saturated rings. The fourth-order valence-corrected chi connectivity index (χ4v) is 4.47. The summed E-state index contributed by atoms with van der Waals surface area (Å²) in [5, 5.41) is 0.564. The standard InChI is InChI=1S/C26H24N2O5P2/c29-34(30)25-7-3-23(4-8-25)19-27-15-11-21(12-16-27)1-2-22-13-17-28(18-14-22)20-24-5-9-26(10-6-24)35(31,32)33/h1-18,29-30H,19-20H2/p+2. The molecule has 0 saturated heterocycles. The van der Waals surface area contributed by atoms with Crippen molar-refractivity contribution in [2.24, 2.45) is 0 Å². The summed E-state index contributed by atoms with van der Waals surface area (Å²) in [6.07, 6.45) is 12.0. The fourth-order valence-electron chi connectivity index (χ4n) is 3.52. The van der Waals surface area contributed by atoms with Gasteiger partial charge in [0.15, 0.2) is 46.3 Å². The van der Waals surface area contributed by atoms with Gasteiger partial charge in [0, 0.05) is 40.7 Å². The Kier molecular flexibility index (Phi) is 7.99. The van der Waals surface area contributed by atoms with Crippen LogP contribution in [0.3, 0.4) is 0 Å².